The lowest BCUT2D eigenvalue weighted by Gasteiger charge is -2.32. The lowest BCUT2D eigenvalue weighted by atomic mass is 10.0. The van der Waals surface area contributed by atoms with E-state index >= 15 is 0 Å². The molecule has 7 nitrogen and oxygen atoms in total. The van der Waals surface area contributed by atoms with Crippen molar-refractivity contribution < 1.29 is 17.9 Å². The van der Waals surface area contributed by atoms with Crippen LogP contribution in [-0.2, 0) is 19.3 Å². The molecule has 0 amide bonds. The minimum atomic E-state index is -4.38. The molecule has 0 spiro atoms. The lowest BCUT2D eigenvalue weighted by molar-refractivity contribution is -0.137. The van der Waals surface area contributed by atoms with E-state index in [2.05, 4.69) is 39.5 Å². The van der Waals surface area contributed by atoms with E-state index in [0.717, 1.165) is 55.9 Å². The fourth-order valence-electron chi connectivity index (χ4n) is 5.30. The molecule has 0 bridgehead atoms. The molecule has 0 aliphatic carbocycles. The summed E-state index contributed by atoms with van der Waals surface area (Å²) in [6.07, 6.45) is -0.785. The maximum absolute atomic E-state index is 13.1. The Morgan fingerprint density at radius 2 is 1.55 bits per heavy atom. The van der Waals surface area contributed by atoms with Crippen molar-refractivity contribution in [2.24, 2.45) is 0 Å². The van der Waals surface area contributed by atoms with Crippen molar-refractivity contribution in [3.63, 3.8) is 0 Å². The highest BCUT2D eigenvalue weighted by Gasteiger charge is 2.30. The summed E-state index contributed by atoms with van der Waals surface area (Å²) in [5, 5.41) is 3.64. The van der Waals surface area contributed by atoms with Crippen molar-refractivity contribution in [1.29, 1.82) is 0 Å². The van der Waals surface area contributed by atoms with Gasteiger partial charge in [0, 0.05) is 31.2 Å². The van der Waals surface area contributed by atoms with Gasteiger partial charge in [0.1, 0.15) is 11.3 Å². The van der Waals surface area contributed by atoms with Crippen molar-refractivity contribution in [1.82, 2.24) is 24.4 Å². The molecular weight excluding hydrogens is 541 g/mol. The largest absolute Gasteiger partial charge is 0.497 e. The van der Waals surface area contributed by atoms with E-state index in [9.17, 15) is 13.2 Å². The monoisotopic (exact) mass is 572 g/mol. The summed E-state index contributed by atoms with van der Waals surface area (Å²) in [4.78, 5) is 16.8. The number of rotatable bonds is 8. The van der Waals surface area contributed by atoms with E-state index in [-0.39, 0.29) is 6.04 Å². The van der Waals surface area contributed by atoms with Gasteiger partial charge in [-0.1, -0.05) is 42.5 Å². The predicted molar refractivity (Wildman–Crippen MR) is 156 cm³/mol. The molecule has 3 heterocycles. The number of aromatic nitrogens is 4. The molecule has 5 aromatic rings. The number of piperidine rings is 1. The zero-order valence-corrected chi connectivity index (χ0v) is 23.2. The highest BCUT2D eigenvalue weighted by atomic mass is 19.4. The number of ether oxygens (including phenoxy) is 1. The number of likely N-dealkylation sites (tertiary alicyclic amines) is 1. The molecule has 1 aliphatic rings. The number of anilines is 1. The maximum atomic E-state index is 13.1. The SMILES string of the molecule is COc1ccc(-c2nc(NC3CCN(Cc4ccccc4)CC3)c3ncn(Cc4ccc(C(F)(F)F)cc4)c3n2)cc1. The van der Waals surface area contributed by atoms with Crippen LogP contribution in [0.4, 0.5) is 19.0 Å². The molecule has 0 radical (unpaired) electrons. The standard InChI is InChI=1S/C32H31F3N6O/c1-42-27-13-9-24(10-14-27)29-38-30(37-26-15-17-40(18-16-26)19-22-5-3-2-4-6-22)28-31(39-29)41(21-36-28)20-23-7-11-25(12-8-23)32(33,34)35/h2-14,21,26H,15-20H2,1H3,(H,37,38,39). The fraction of sp³-hybridized carbons (Fsp3) is 0.281. The summed E-state index contributed by atoms with van der Waals surface area (Å²) in [5.41, 5.74) is 3.41. The zero-order chi connectivity index (χ0) is 29.1. The average Bonchev–Trinajstić information content (AvgIpc) is 3.41. The molecule has 216 valence electrons. The van der Waals surface area contributed by atoms with Crippen LogP contribution < -0.4 is 10.1 Å². The Labute approximate surface area is 242 Å². The highest BCUT2D eigenvalue weighted by molar-refractivity contribution is 5.85. The summed E-state index contributed by atoms with van der Waals surface area (Å²) in [5.74, 6) is 1.91. The topological polar surface area (TPSA) is 68.1 Å². The van der Waals surface area contributed by atoms with Gasteiger partial charge in [0.25, 0.3) is 0 Å². The van der Waals surface area contributed by atoms with E-state index in [0.29, 0.717) is 34.9 Å². The molecule has 1 fully saturated rings. The molecule has 2 aromatic heterocycles. The Morgan fingerprint density at radius 3 is 2.21 bits per heavy atom. The first-order valence-electron chi connectivity index (χ1n) is 13.9. The Balaban J connectivity index is 1.26. The third-order valence-corrected chi connectivity index (χ3v) is 7.62. The van der Waals surface area contributed by atoms with Crippen molar-refractivity contribution in [2.45, 2.75) is 38.1 Å². The van der Waals surface area contributed by atoms with Crippen molar-refractivity contribution in [3.05, 3.63) is 102 Å². The van der Waals surface area contributed by atoms with Crippen LogP contribution in [0.1, 0.15) is 29.5 Å². The molecule has 1 N–H and O–H groups in total. The second kappa shape index (κ2) is 11.8. The number of nitrogens with one attached hydrogen (secondary N) is 1. The summed E-state index contributed by atoms with van der Waals surface area (Å²) >= 11 is 0. The van der Waals surface area contributed by atoms with Crippen molar-refractivity contribution in [2.75, 3.05) is 25.5 Å². The van der Waals surface area contributed by atoms with Crippen LogP contribution in [0.2, 0.25) is 0 Å². The number of alkyl halides is 3. The number of halogens is 3. The summed E-state index contributed by atoms with van der Waals surface area (Å²) in [6, 6.07) is 23.4. The number of fused-ring (bicyclic) bond motifs is 1. The van der Waals surface area contributed by atoms with E-state index in [1.165, 1.54) is 17.7 Å². The van der Waals surface area contributed by atoms with E-state index < -0.39 is 11.7 Å². The maximum Gasteiger partial charge on any atom is 0.416 e. The molecule has 10 heteroatoms. The predicted octanol–water partition coefficient (Wildman–Crippen LogP) is 6.65. The number of methoxy groups -OCH3 is 1. The van der Waals surface area contributed by atoms with Crippen LogP contribution in [0.15, 0.2) is 85.2 Å². The first-order chi connectivity index (χ1) is 20.4. The number of hydrogen-bond acceptors (Lipinski definition) is 6. The van der Waals surface area contributed by atoms with Gasteiger partial charge in [-0.25, -0.2) is 15.0 Å². The Bertz CT molecular complexity index is 1630. The molecule has 3 aromatic carbocycles. The normalized spacial score (nSPS) is 14.8. The molecule has 0 atom stereocenters. The molecule has 6 rings (SSSR count). The van der Waals surface area contributed by atoms with Crippen LogP contribution in [0.25, 0.3) is 22.6 Å². The van der Waals surface area contributed by atoms with Crippen LogP contribution >= 0.6 is 0 Å². The van der Waals surface area contributed by atoms with Gasteiger partial charge < -0.3 is 14.6 Å². The van der Waals surface area contributed by atoms with Gasteiger partial charge in [-0.2, -0.15) is 13.2 Å². The highest BCUT2D eigenvalue weighted by Crippen LogP contribution is 2.30. The Morgan fingerprint density at radius 1 is 0.857 bits per heavy atom. The molecule has 1 saturated heterocycles. The fourth-order valence-corrected chi connectivity index (χ4v) is 5.30. The van der Waals surface area contributed by atoms with E-state index in [1.54, 1.807) is 13.4 Å². The van der Waals surface area contributed by atoms with Crippen LogP contribution in [-0.4, -0.2) is 50.7 Å². The van der Waals surface area contributed by atoms with Gasteiger partial charge in [0.2, 0.25) is 0 Å². The molecule has 0 saturated carbocycles. The summed E-state index contributed by atoms with van der Waals surface area (Å²) in [7, 11) is 1.62. The molecule has 0 unspecified atom stereocenters. The minimum absolute atomic E-state index is 0.221. The third-order valence-electron chi connectivity index (χ3n) is 7.62. The van der Waals surface area contributed by atoms with Crippen LogP contribution in [0, 0.1) is 0 Å². The zero-order valence-electron chi connectivity index (χ0n) is 23.2. The van der Waals surface area contributed by atoms with Crippen molar-refractivity contribution >= 4 is 17.0 Å². The Hall–Kier alpha value is -4.44. The van der Waals surface area contributed by atoms with Crippen LogP contribution in [0.5, 0.6) is 5.75 Å². The Kier molecular flexibility index (Phi) is 7.80. The molecular formula is C32H31F3N6O. The van der Waals surface area contributed by atoms with Gasteiger partial charge >= 0.3 is 6.18 Å². The number of imidazole rings is 1. The van der Waals surface area contributed by atoms with Gasteiger partial charge in [-0.15, -0.1) is 0 Å². The quantitative estimate of drug-likeness (QED) is 0.225. The summed E-state index contributed by atoms with van der Waals surface area (Å²) < 4.78 is 46.3. The second-order valence-corrected chi connectivity index (χ2v) is 10.5. The molecule has 42 heavy (non-hydrogen) atoms. The molecule has 1 aliphatic heterocycles. The first kappa shape index (κ1) is 27.7. The number of nitrogens with zero attached hydrogens (tertiary/aromatic N) is 5. The van der Waals surface area contributed by atoms with Gasteiger partial charge in [0.05, 0.1) is 25.5 Å². The number of hydrogen-bond donors (Lipinski definition) is 1. The van der Waals surface area contributed by atoms with Gasteiger partial charge in [0.15, 0.2) is 17.3 Å². The second-order valence-electron chi connectivity index (χ2n) is 10.5. The third kappa shape index (κ3) is 6.23. The number of benzene rings is 3. The summed E-state index contributed by atoms with van der Waals surface area (Å²) in [6.45, 7) is 3.19. The van der Waals surface area contributed by atoms with Gasteiger partial charge in [-0.05, 0) is 60.4 Å². The van der Waals surface area contributed by atoms with E-state index in [4.69, 9.17) is 14.7 Å². The minimum Gasteiger partial charge on any atom is -0.497 e. The van der Waals surface area contributed by atoms with Crippen molar-refractivity contribution in [3.8, 4) is 17.1 Å². The lowest BCUT2D eigenvalue weighted by Crippen LogP contribution is -2.38. The van der Waals surface area contributed by atoms with Gasteiger partial charge in [-0.3, -0.25) is 4.90 Å². The van der Waals surface area contributed by atoms with E-state index in [1.807, 2.05) is 34.9 Å². The first-order valence-corrected chi connectivity index (χ1v) is 13.9. The smallest absolute Gasteiger partial charge is 0.416 e. The van der Waals surface area contributed by atoms with Crippen LogP contribution in [0.3, 0.4) is 0 Å². The average molecular weight is 573 g/mol.